The number of nitrogens with zero attached hydrogens (tertiary/aromatic N) is 2. The molecule has 0 bridgehead atoms. The van der Waals surface area contributed by atoms with Gasteiger partial charge in [-0.3, -0.25) is 9.97 Å². The summed E-state index contributed by atoms with van der Waals surface area (Å²) in [4.78, 5) is 8.21. The first-order chi connectivity index (χ1) is 12.7. The third-order valence-electron chi connectivity index (χ3n) is 3.78. The van der Waals surface area contributed by atoms with Gasteiger partial charge in [-0.05, 0) is 53.4 Å². The second kappa shape index (κ2) is 8.78. The normalized spacial score (nSPS) is 12.2. The Morgan fingerprint density at radius 1 is 1.00 bits per heavy atom. The first-order valence-electron chi connectivity index (χ1n) is 8.38. The van der Waals surface area contributed by atoms with Gasteiger partial charge in [-0.1, -0.05) is 24.3 Å². The number of benzene rings is 1. The molecule has 0 aliphatic carbocycles. The smallest absolute Gasteiger partial charge is 0.138 e. The lowest BCUT2D eigenvalue weighted by Crippen LogP contribution is -2.30. The maximum absolute atomic E-state index is 9.51. The van der Waals surface area contributed by atoms with Crippen molar-refractivity contribution in [1.82, 2.24) is 9.97 Å². The molecular formula is C21H21N3O2. The number of nitrogens with two attached hydrogens (primary N) is 1. The molecule has 0 fully saturated rings. The lowest BCUT2D eigenvalue weighted by atomic mass is 10.1. The molecule has 1 atom stereocenters. The van der Waals surface area contributed by atoms with E-state index in [1.54, 1.807) is 43.0 Å². The van der Waals surface area contributed by atoms with Crippen molar-refractivity contribution in [3.05, 3.63) is 83.9 Å². The summed E-state index contributed by atoms with van der Waals surface area (Å²) in [5.41, 5.74) is 9.12. The molecule has 3 rings (SSSR count). The van der Waals surface area contributed by atoms with E-state index in [0.717, 1.165) is 16.7 Å². The van der Waals surface area contributed by atoms with Gasteiger partial charge in [0.15, 0.2) is 0 Å². The minimum Gasteiger partial charge on any atom is -0.508 e. The van der Waals surface area contributed by atoms with Crippen LogP contribution in [0.25, 0.3) is 12.2 Å². The van der Waals surface area contributed by atoms with Gasteiger partial charge in [-0.2, -0.15) is 0 Å². The van der Waals surface area contributed by atoms with Crippen molar-refractivity contribution in [3.63, 3.8) is 0 Å². The Balaban J connectivity index is 1.56. The Hall–Kier alpha value is -3.18. The molecule has 0 unspecified atom stereocenters. The summed E-state index contributed by atoms with van der Waals surface area (Å²) in [6, 6.07) is 12.7. The van der Waals surface area contributed by atoms with Gasteiger partial charge in [-0.15, -0.1) is 0 Å². The fourth-order valence-corrected chi connectivity index (χ4v) is 2.52. The summed E-state index contributed by atoms with van der Waals surface area (Å²) in [5, 5.41) is 9.51. The molecule has 0 spiro atoms. The van der Waals surface area contributed by atoms with E-state index in [1.807, 2.05) is 36.4 Å². The Labute approximate surface area is 152 Å². The third kappa shape index (κ3) is 5.43. The number of aromatic hydroxyl groups is 1. The van der Waals surface area contributed by atoms with E-state index in [2.05, 4.69) is 9.97 Å². The van der Waals surface area contributed by atoms with Gasteiger partial charge in [0.2, 0.25) is 0 Å². The highest BCUT2D eigenvalue weighted by Crippen LogP contribution is 2.15. The number of hydrogen-bond donors (Lipinski definition) is 2. The largest absolute Gasteiger partial charge is 0.508 e. The predicted octanol–water partition coefficient (Wildman–Crippen LogP) is 3.30. The summed E-state index contributed by atoms with van der Waals surface area (Å²) in [6.45, 7) is 0.370. The summed E-state index contributed by atoms with van der Waals surface area (Å²) in [7, 11) is 0. The molecule has 0 amide bonds. The summed E-state index contributed by atoms with van der Waals surface area (Å²) in [5.74, 6) is 0.918. The summed E-state index contributed by atoms with van der Waals surface area (Å²) >= 11 is 0. The highest BCUT2D eigenvalue weighted by atomic mass is 16.5. The zero-order valence-electron chi connectivity index (χ0n) is 14.3. The Morgan fingerprint density at radius 3 is 2.62 bits per heavy atom. The second-order valence-electron chi connectivity index (χ2n) is 6.01. The van der Waals surface area contributed by atoms with Crippen molar-refractivity contribution in [1.29, 1.82) is 0 Å². The molecule has 0 saturated heterocycles. The van der Waals surface area contributed by atoms with Crippen LogP contribution in [0.5, 0.6) is 11.5 Å². The Kier molecular flexibility index (Phi) is 5.96. The molecular weight excluding hydrogens is 326 g/mol. The molecule has 0 saturated carbocycles. The van der Waals surface area contributed by atoms with Crippen LogP contribution < -0.4 is 10.5 Å². The predicted molar refractivity (Wildman–Crippen MR) is 103 cm³/mol. The van der Waals surface area contributed by atoms with Crippen molar-refractivity contribution in [2.45, 2.75) is 12.5 Å². The minimum atomic E-state index is -0.173. The SMILES string of the molecule is N[C@H](COc1cncc(C=Cc2ccncc2)c1)Cc1cccc(O)c1. The van der Waals surface area contributed by atoms with Crippen molar-refractivity contribution in [2.24, 2.45) is 5.73 Å². The van der Waals surface area contributed by atoms with Crippen molar-refractivity contribution in [3.8, 4) is 11.5 Å². The molecule has 3 aromatic rings. The quantitative estimate of drug-likeness (QED) is 0.685. The number of rotatable bonds is 7. The van der Waals surface area contributed by atoms with Gasteiger partial charge in [0.05, 0.1) is 6.20 Å². The highest BCUT2D eigenvalue weighted by molar-refractivity contribution is 5.69. The fourth-order valence-electron chi connectivity index (χ4n) is 2.52. The summed E-state index contributed by atoms with van der Waals surface area (Å²) in [6.07, 6.45) is 11.6. The van der Waals surface area contributed by atoms with Gasteiger partial charge < -0.3 is 15.6 Å². The maximum atomic E-state index is 9.51. The second-order valence-corrected chi connectivity index (χ2v) is 6.01. The van der Waals surface area contributed by atoms with E-state index in [0.29, 0.717) is 18.8 Å². The number of hydrogen-bond acceptors (Lipinski definition) is 5. The van der Waals surface area contributed by atoms with E-state index in [9.17, 15) is 5.11 Å². The van der Waals surface area contributed by atoms with E-state index < -0.39 is 0 Å². The standard InChI is InChI=1S/C21H21N3O2/c22-19(10-17-2-1-3-20(25)11-17)15-26-21-12-18(13-24-14-21)5-4-16-6-8-23-9-7-16/h1-9,11-14,19,25H,10,15,22H2/t19-/m0/s1. The van der Waals surface area contributed by atoms with E-state index >= 15 is 0 Å². The molecule has 5 heteroatoms. The van der Waals surface area contributed by atoms with Crippen LogP contribution in [0, 0.1) is 0 Å². The van der Waals surface area contributed by atoms with Crippen LogP contribution in [0.3, 0.4) is 0 Å². The van der Waals surface area contributed by atoms with E-state index in [4.69, 9.17) is 10.5 Å². The van der Waals surface area contributed by atoms with Crippen LogP contribution in [0.1, 0.15) is 16.7 Å². The molecule has 1 aromatic carbocycles. The van der Waals surface area contributed by atoms with Gasteiger partial charge in [-0.25, -0.2) is 0 Å². The molecule has 3 N–H and O–H groups in total. The lowest BCUT2D eigenvalue weighted by molar-refractivity contribution is 0.286. The summed E-state index contributed by atoms with van der Waals surface area (Å²) < 4.78 is 5.77. The molecule has 26 heavy (non-hydrogen) atoms. The molecule has 0 aliphatic rings. The first-order valence-corrected chi connectivity index (χ1v) is 8.38. The highest BCUT2D eigenvalue weighted by Gasteiger charge is 2.06. The van der Waals surface area contributed by atoms with Crippen LogP contribution >= 0.6 is 0 Å². The molecule has 2 aromatic heterocycles. The fraction of sp³-hybridized carbons (Fsp3) is 0.143. The number of aromatic nitrogens is 2. The van der Waals surface area contributed by atoms with E-state index in [1.165, 1.54) is 0 Å². The van der Waals surface area contributed by atoms with E-state index in [-0.39, 0.29) is 11.8 Å². The number of phenolic OH excluding ortho intramolecular Hbond substituents is 1. The van der Waals surface area contributed by atoms with Crippen LogP contribution in [0.15, 0.2) is 67.3 Å². The molecule has 0 aliphatic heterocycles. The zero-order valence-corrected chi connectivity index (χ0v) is 14.3. The van der Waals surface area contributed by atoms with Crippen LogP contribution in [-0.4, -0.2) is 27.7 Å². The van der Waals surface area contributed by atoms with Gasteiger partial charge in [0.1, 0.15) is 18.1 Å². The number of pyridine rings is 2. The zero-order chi connectivity index (χ0) is 18.2. The van der Waals surface area contributed by atoms with Gasteiger partial charge in [0, 0.05) is 24.6 Å². The van der Waals surface area contributed by atoms with Gasteiger partial charge >= 0.3 is 0 Å². The Bertz CT molecular complexity index is 866. The average molecular weight is 347 g/mol. The monoisotopic (exact) mass is 347 g/mol. The minimum absolute atomic E-state index is 0.173. The van der Waals surface area contributed by atoms with Crippen molar-refractivity contribution < 1.29 is 9.84 Å². The average Bonchev–Trinajstić information content (AvgIpc) is 2.66. The maximum Gasteiger partial charge on any atom is 0.138 e. The molecule has 132 valence electrons. The first kappa shape index (κ1) is 17.6. The van der Waals surface area contributed by atoms with Crippen molar-refractivity contribution >= 4 is 12.2 Å². The third-order valence-corrected chi connectivity index (χ3v) is 3.78. The Morgan fingerprint density at radius 2 is 1.81 bits per heavy atom. The van der Waals surface area contributed by atoms with Crippen LogP contribution in [0.2, 0.25) is 0 Å². The number of ether oxygens (including phenoxy) is 1. The topological polar surface area (TPSA) is 81.3 Å². The lowest BCUT2D eigenvalue weighted by Gasteiger charge is -2.13. The molecule has 2 heterocycles. The van der Waals surface area contributed by atoms with Crippen molar-refractivity contribution in [2.75, 3.05) is 6.61 Å². The molecule has 0 radical (unpaired) electrons. The number of phenols is 1. The van der Waals surface area contributed by atoms with Gasteiger partial charge in [0.25, 0.3) is 0 Å². The van der Waals surface area contributed by atoms with Crippen LogP contribution in [-0.2, 0) is 6.42 Å². The van der Waals surface area contributed by atoms with Crippen LogP contribution in [0.4, 0.5) is 0 Å². The molecule has 5 nitrogen and oxygen atoms in total.